The first kappa shape index (κ1) is 64.8. The summed E-state index contributed by atoms with van der Waals surface area (Å²) in [5.74, 6) is -1.04. The molecule has 0 unspecified atom stereocenters. The summed E-state index contributed by atoms with van der Waals surface area (Å²) in [7, 11) is 0. The van der Waals surface area contributed by atoms with E-state index in [2.05, 4.69) is 136 Å². The Hall–Kier alpha value is -4.19. The van der Waals surface area contributed by atoms with Gasteiger partial charge in [0.15, 0.2) is 6.10 Å². The molecule has 0 saturated carbocycles. The molecule has 0 fully saturated rings. The number of allylic oxidation sites excluding steroid dienone is 20. The van der Waals surface area contributed by atoms with Gasteiger partial charge in [-0.25, -0.2) is 0 Å². The van der Waals surface area contributed by atoms with Gasteiger partial charge in [-0.2, -0.15) is 0 Å². The minimum atomic E-state index is -0.827. The lowest BCUT2D eigenvalue weighted by Gasteiger charge is -2.18. The van der Waals surface area contributed by atoms with Crippen molar-refractivity contribution in [2.24, 2.45) is 0 Å². The minimum Gasteiger partial charge on any atom is -0.462 e. The van der Waals surface area contributed by atoms with Gasteiger partial charge >= 0.3 is 17.9 Å². The highest BCUT2D eigenvalue weighted by molar-refractivity contribution is 5.71. The number of esters is 3. The molecule has 0 N–H and O–H groups in total. The van der Waals surface area contributed by atoms with Gasteiger partial charge in [0.1, 0.15) is 13.2 Å². The van der Waals surface area contributed by atoms with E-state index < -0.39 is 6.10 Å². The first-order valence-corrected chi connectivity index (χ1v) is 28.0. The summed E-state index contributed by atoms with van der Waals surface area (Å²) in [5.41, 5.74) is 0. The summed E-state index contributed by atoms with van der Waals surface area (Å²) in [6.45, 7) is 6.40. The lowest BCUT2D eigenvalue weighted by Crippen LogP contribution is -2.30. The highest BCUT2D eigenvalue weighted by atomic mass is 16.6. The predicted molar refractivity (Wildman–Crippen MR) is 297 cm³/mol. The van der Waals surface area contributed by atoms with E-state index in [0.29, 0.717) is 19.3 Å². The summed E-state index contributed by atoms with van der Waals surface area (Å²) in [5, 5.41) is 0. The average molecular weight is 956 g/mol. The van der Waals surface area contributed by atoms with Crippen LogP contribution in [0.2, 0.25) is 0 Å². The SMILES string of the molecule is CC/C=C\C/C=C\C/C=C\C/C=C\C/C=C\CCCCCC(=O)O[C@H](COC(=O)CC/C=C\C/C=C\C/C=C\C/C=C\C/C=C\CCCCC)COC(=O)CCCCCCCCCCCCCCC. The molecular formula is C63H102O6. The molecule has 0 amide bonds. The molecule has 0 aliphatic rings. The molecule has 69 heavy (non-hydrogen) atoms. The normalized spacial score (nSPS) is 13.0. The van der Waals surface area contributed by atoms with Gasteiger partial charge in [-0.1, -0.05) is 239 Å². The Balaban J connectivity index is 4.57. The van der Waals surface area contributed by atoms with Crippen molar-refractivity contribution in [2.75, 3.05) is 13.2 Å². The number of hydrogen-bond donors (Lipinski definition) is 0. The number of carbonyl (C=O) groups excluding carboxylic acids is 3. The number of carbonyl (C=O) groups is 3. The molecule has 0 bridgehead atoms. The molecule has 0 heterocycles. The van der Waals surface area contributed by atoms with Gasteiger partial charge in [-0.05, 0) is 103 Å². The van der Waals surface area contributed by atoms with Crippen molar-refractivity contribution >= 4 is 17.9 Å². The standard InChI is InChI=1S/C63H102O6/c1-4-7-10-13-16-19-22-25-27-29-31-33-35-38-41-44-47-50-53-56-62(65)68-59-60(58-67-61(64)55-52-49-46-43-40-37-24-21-18-15-12-9-6-3)69-63(66)57-54-51-48-45-42-39-36-34-32-30-28-26-23-20-17-14-11-8-5-2/h8,11,16-17,19-20,25-28,31-34,38-39,41-42,47,50,60H,4-7,9-10,12-15,18,21-24,29-30,35-37,40,43-46,48-49,51-59H2,1-3H3/b11-8-,19-16-,20-17-,27-25-,28-26-,33-31-,34-32-,41-38-,42-39-,50-47-/t60-/m0/s1. The van der Waals surface area contributed by atoms with Gasteiger partial charge in [0.25, 0.3) is 0 Å². The van der Waals surface area contributed by atoms with Crippen LogP contribution in [0.1, 0.15) is 239 Å². The Morgan fingerprint density at radius 1 is 0.304 bits per heavy atom. The quantitative estimate of drug-likeness (QED) is 0.0262. The van der Waals surface area contributed by atoms with Crippen LogP contribution in [0.15, 0.2) is 122 Å². The number of hydrogen-bond acceptors (Lipinski definition) is 6. The van der Waals surface area contributed by atoms with E-state index in [1.807, 2.05) is 6.08 Å². The Morgan fingerprint density at radius 2 is 0.594 bits per heavy atom. The molecule has 0 aromatic heterocycles. The van der Waals surface area contributed by atoms with Gasteiger partial charge in [0.05, 0.1) is 0 Å². The molecule has 0 aliphatic heterocycles. The molecular weight excluding hydrogens is 853 g/mol. The third kappa shape index (κ3) is 54.6. The van der Waals surface area contributed by atoms with Crippen LogP contribution in [0.4, 0.5) is 0 Å². The van der Waals surface area contributed by atoms with E-state index in [0.717, 1.165) is 96.3 Å². The highest BCUT2D eigenvalue weighted by Gasteiger charge is 2.19. The Morgan fingerprint density at radius 3 is 1.00 bits per heavy atom. The van der Waals surface area contributed by atoms with Crippen molar-refractivity contribution in [3.63, 3.8) is 0 Å². The molecule has 390 valence electrons. The lowest BCUT2D eigenvalue weighted by molar-refractivity contribution is -0.166. The van der Waals surface area contributed by atoms with Crippen LogP contribution in [0, 0.1) is 0 Å². The van der Waals surface area contributed by atoms with E-state index in [9.17, 15) is 14.4 Å². The van der Waals surface area contributed by atoms with Crippen LogP contribution in [-0.4, -0.2) is 37.2 Å². The average Bonchev–Trinajstić information content (AvgIpc) is 3.35. The molecule has 0 saturated heterocycles. The van der Waals surface area contributed by atoms with Crippen molar-refractivity contribution in [1.82, 2.24) is 0 Å². The molecule has 6 heteroatoms. The fourth-order valence-electron chi connectivity index (χ4n) is 7.27. The summed E-state index contributed by atoms with van der Waals surface area (Å²) >= 11 is 0. The van der Waals surface area contributed by atoms with Crippen molar-refractivity contribution in [2.45, 2.75) is 245 Å². The first-order valence-electron chi connectivity index (χ1n) is 28.0. The Bertz CT molecular complexity index is 1470. The third-order valence-electron chi connectivity index (χ3n) is 11.5. The number of rotatable bonds is 49. The second kappa shape index (κ2) is 56.4. The van der Waals surface area contributed by atoms with Gasteiger partial charge in [0.2, 0.25) is 0 Å². The second-order valence-electron chi connectivity index (χ2n) is 18.1. The lowest BCUT2D eigenvalue weighted by atomic mass is 10.0. The monoisotopic (exact) mass is 955 g/mol. The van der Waals surface area contributed by atoms with Crippen LogP contribution in [0.3, 0.4) is 0 Å². The maximum Gasteiger partial charge on any atom is 0.306 e. The molecule has 0 spiro atoms. The minimum absolute atomic E-state index is 0.116. The van der Waals surface area contributed by atoms with E-state index in [1.165, 1.54) is 89.9 Å². The summed E-state index contributed by atoms with van der Waals surface area (Å²) < 4.78 is 16.7. The van der Waals surface area contributed by atoms with E-state index in [1.54, 1.807) is 0 Å². The highest BCUT2D eigenvalue weighted by Crippen LogP contribution is 2.14. The zero-order valence-electron chi connectivity index (χ0n) is 44.5. The maximum atomic E-state index is 12.8. The molecule has 0 aliphatic carbocycles. The van der Waals surface area contributed by atoms with Crippen molar-refractivity contribution in [3.8, 4) is 0 Å². The zero-order valence-corrected chi connectivity index (χ0v) is 44.5. The van der Waals surface area contributed by atoms with Gasteiger partial charge < -0.3 is 14.2 Å². The molecule has 0 aromatic rings. The fourth-order valence-corrected chi connectivity index (χ4v) is 7.27. The molecule has 0 radical (unpaired) electrons. The third-order valence-corrected chi connectivity index (χ3v) is 11.5. The van der Waals surface area contributed by atoms with Gasteiger partial charge in [-0.3, -0.25) is 14.4 Å². The van der Waals surface area contributed by atoms with Gasteiger partial charge in [-0.15, -0.1) is 0 Å². The van der Waals surface area contributed by atoms with Crippen molar-refractivity contribution < 1.29 is 28.6 Å². The maximum absolute atomic E-state index is 12.8. The Kier molecular flexibility index (Phi) is 53.0. The largest absolute Gasteiger partial charge is 0.462 e. The van der Waals surface area contributed by atoms with Crippen LogP contribution < -0.4 is 0 Å². The van der Waals surface area contributed by atoms with Crippen LogP contribution >= 0.6 is 0 Å². The second-order valence-corrected chi connectivity index (χ2v) is 18.1. The smallest absolute Gasteiger partial charge is 0.306 e. The Labute approximate surface area is 424 Å². The zero-order chi connectivity index (χ0) is 50.0. The topological polar surface area (TPSA) is 78.9 Å². The summed E-state index contributed by atoms with van der Waals surface area (Å²) in [6, 6.07) is 0. The molecule has 0 aromatic carbocycles. The van der Waals surface area contributed by atoms with Crippen molar-refractivity contribution in [3.05, 3.63) is 122 Å². The predicted octanol–water partition coefficient (Wildman–Crippen LogP) is 18.9. The van der Waals surface area contributed by atoms with Crippen LogP contribution in [-0.2, 0) is 28.6 Å². The summed E-state index contributed by atoms with van der Waals surface area (Å²) in [4.78, 5) is 38.1. The van der Waals surface area contributed by atoms with Gasteiger partial charge in [0, 0.05) is 19.3 Å². The van der Waals surface area contributed by atoms with Crippen LogP contribution in [0.5, 0.6) is 0 Å². The fraction of sp³-hybridized carbons (Fsp3) is 0.635. The molecule has 6 nitrogen and oxygen atoms in total. The van der Waals surface area contributed by atoms with Crippen molar-refractivity contribution in [1.29, 1.82) is 0 Å². The number of unbranched alkanes of at least 4 members (excludes halogenated alkanes) is 18. The number of ether oxygens (including phenoxy) is 3. The summed E-state index contributed by atoms with van der Waals surface area (Å²) in [6.07, 6.45) is 77.6. The van der Waals surface area contributed by atoms with E-state index in [4.69, 9.17) is 14.2 Å². The first-order chi connectivity index (χ1) is 34.0. The van der Waals surface area contributed by atoms with E-state index in [-0.39, 0.29) is 44.0 Å². The molecule has 1 atom stereocenters. The van der Waals surface area contributed by atoms with Crippen LogP contribution in [0.25, 0.3) is 0 Å². The molecule has 0 rings (SSSR count). The van der Waals surface area contributed by atoms with E-state index >= 15 is 0 Å².